The summed E-state index contributed by atoms with van der Waals surface area (Å²) in [5, 5.41) is 11.9. The highest BCUT2D eigenvalue weighted by Gasteiger charge is 2.29. The van der Waals surface area contributed by atoms with Crippen LogP contribution in [0.1, 0.15) is 49.0 Å². The third-order valence-corrected chi connectivity index (χ3v) is 4.14. The molecule has 5 heteroatoms. The maximum atomic E-state index is 12.5. The van der Waals surface area contributed by atoms with Crippen LogP contribution in [0.4, 0.5) is 10.5 Å². The van der Waals surface area contributed by atoms with E-state index in [1.807, 2.05) is 4.90 Å². The number of aromatic carboxylic acids is 1. The minimum atomic E-state index is -0.964. The fourth-order valence-corrected chi connectivity index (χ4v) is 2.94. The number of amides is 2. The van der Waals surface area contributed by atoms with Crippen molar-refractivity contribution in [2.75, 3.05) is 5.32 Å². The molecule has 1 fully saturated rings. The molecule has 2 atom stereocenters. The molecule has 1 heterocycles. The van der Waals surface area contributed by atoms with Crippen molar-refractivity contribution in [3.63, 3.8) is 0 Å². The van der Waals surface area contributed by atoms with Gasteiger partial charge in [0.05, 0.1) is 5.56 Å². The predicted molar refractivity (Wildman–Crippen MR) is 81.8 cm³/mol. The summed E-state index contributed by atoms with van der Waals surface area (Å²) in [5.74, 6) is -0.964. The van der Waals surface area contributed by atoms with Gasteiger partial charge in [0.2, 0.25) is 0 Å². The second kappa shape index (κ2) is 6.16. The lowest BCUT2D eigenvalue weighted by Gasteiger charge is -2.39. The third-order valence-electron chi connectivity index (χ3n) is 4.14. The summed E-state index contributed by atoms with van der Waals surface area (Å²) in [7, 11) is 0. The molecule has 0 saturated carbocycles. The van der Waals surface area contributed by atoms with Gasteiger partial charge in [-0.3, -0.25) is 0 Å². The molecular formula is C16H22N2O3. The van der Waals surface area contributed by atoms with E-state index in [0.29, 0.717) is 5.69 Å². The van der Waals surface area contributed by atoms with Crippen LogP contribution in [-0.2, 0) is 0 Å². The highest BCUT2D eigenvalue weighted by molar-refractivity contribution is 5.93. The Labute approximate surface area is 125 Å². The van der Waals surface area contributed by atoms with Gasteiger partial charge in [-0.1, -0.05) is 0 Å². The van der Waals surface area contributed by atoms with E-state index in [9.17, 15) is 9.59 Å². The Bertz CT molecular complexity index is 546. The zero-order valence-corrected chi connectivity index (χ0v) is 12.7. The second-order valence-electron chi connectivity index (χ2n) is 5.80. The Morgan fingerprint density at radius 2 is 1.86 bits per heavy atom. The molecule has 1 aliphatic rings. The van der Waals surface area contributed by atoms with Crippen molar-refractivity contribution < 1.29 is 14.7 Å². The molecule has 0 aliphatic carbocycles. The van der Waals surface area contributed by atoms with Crippen molar-refractivity contribution in [3.8, 4) is 0 Å². The van der Waals surface area contributed by atoms with Crippen LogP contribution in [0.3, 0.4) is 0 Å². The van der Waals surface area contributed by atoms with E-state index in [4.69, 9.17) is 5.11 Å². The molecule has 0 aromatic heterocycles. The molecule has 114 valence electrons. The summed E-state index contributed by atoms with van der Waals surface area (Å²) in [4.78, 5) is 25.3. The third kappa shape index (κ3) is 3.35. The monoisotopic (exact) mass is 290 g/mol. The van der Waals surface area contributed by atoms with Gasteiger partial charge in [-0.25, -0.2) is 9.59 Å². The maximum absolute atomic E-state index is 12.5. The van der Waals surface area contributed by atoms with Crippen LogP contribution in [-0.4, -0.2) is 34.1 Å². The largest absolute Gasteiger partial charge is 0.478 e. The highest BCUT2D eigenvalue weighted by atomic mass is 16.4. The summed E-state index contributed by atoms with van der Waals surface area (Å²) in [6.45, 7) is 5.93. The molecule has 0 bridgehead atoms. The van der Waals surface area contributed by atoms with Gasteiger partial charge in [0.15, 0.2) is 0 Å². The fraction of sp³-hybridized carbons (Fsp3) is 0.500. The molecular weight excluding hydrogens is 268 g/mol. The molecule has 2 amide bonds. The SMILES string of the molecule is Cc1cc(C(=O)O)ccc1NC(=O)N1[C@H](C)CCC[C@@H]1C. The Hall–Kier alpha value is -2.04. The number of rotatable bonds is 2. The molecule has 1 aromatic rings. The lowest BCUT2D eigenvalue weighted by molar-refractivity contribution is 0.0696. The lowest BCUT2D eigenvalue weighted by atomic mass is 9.98. The van der Waals surface area contributed by atoms with Crippen molar-refractivity contribution in [1.82, 2.24) is 4.90 Å². The normalized spacial score (nSPS) is 22.0. The lowest BCUT2D eigenvalue weighted by Crippen LogP contribution is -2.49. The zero-order chi connectivity index (χ0) is 15.6. The average Bonchev–Trinajstić information content (AvgIpc) is 2.40. The first-order valence-electron chi connectivity index (χ1n) is 7.33. The number of aryl methyl sites for hydroxylation is 1. The van der Waals surface area contributed by atoms with Gasteiger partial charge in [0.1, 0.15) is 0 Å². The van der Waals surface area contributed by atoms with Gasteiger partial charge in [-0.05, 0) is 63.8 Å². The van der Waals surface area contributed by atoms with Crippen LogP contribution < -0.4 is 5.32 Å². The number of urea groups is 1. The van der Waals surface area contributed by atoms with Crippen LogP contribution in [0.5, 0.6) is 0 Å². The van der Waals surface area contributed by atoms with Crippen LogP contribution in [0.2, 0.25) is 0 Å². The number of carboxylic acid groups (broad SMARTS) is 1. The number of nitrogens with zero attached hydrogens (tertiary/aromatic N) is 1. The standard InChI is InChI=1S/C16H22N2O3/c1-10-9-13(15(19)20)7-8-14(10)17-16(21)18-11(2)5-4-6-12(18)3/h7-9,11-12H,4-6H2,1-3H3,(H,17,21)(H,19,20)/t11-,12+. The van der Waals surface area contributed by atoms with E-state index < -0.39 is 5.97 Å². The van der Waals surface area contributed by atoms with Crippen molar-refractivity contribution in [2.24, 2.45) is 0 Å². The Morgan fingerprint density at radius 1 is 1.24 bits per heavy atom. The minimum absolute atomic E-state index is 0.110. The molecule has 2 rings (SSSR count). The van der Waals surface area contributed by atoms with E-state index in [2.05, 4.69) is 19.2 Å². The van der Waals surface area contributed by atoms with Gasteiger partial charge in [-0.2, -0.15) is 0 Å². The molecule has 21 heavy (non-hydrogen) atoms. The number of hydrogen-bond donors (Lipinski definition) is 2. The maximum Gasteiger partial charge on any atom is 0.335 e. The average molecular weight is 290 g/mol. The summed E-state index contributed by atoms with van der Waals surface area (Å²) >= 11 is 0. The van der Waals surface area contributed by atoms with Gasteiger partial charge in [-0.15, -0.1) is 0 Å². The van der Waals surface area contributed by atoms with Crippen LogP contribution in [0.25, 0.3) is 0 Å². The first-order chi connectivity index (χ1) is 9.90. The van der Waals surface area contributed by atoms with E-state index in [0.717, 1.165) is 24.8 Å². The molecule has 2 N–H and O–H groups in total. The van der Waals surface area contributed by atoms with Crippen molar-refractivity contribution >= 4 is 17.7 Å². The topological polar surface area (TPSA) is 69.6 Å². The predicted octanol–water partition coefficient (Wildman–Crippen LogP) is 3.49. The number of benzene rings is 1. The highest BCUT2D eigenvalue weighted by Crippen LogP contribution is 2.24. The molecule has 0 radical (unpaired) electrons. The van der Waals surface area contributed by atoms with Gasteiger partial charge < -0.3 is 15.3 Å². The summed E-state index contributed by atoms with van der Waals surface area (Å²) < 4.78 is 0. The smallest absolute Gasteiger partial charge is 0.335 e. The quantitative estimate of drug-likeness (QED) is 0.876. The summed E-state index contributed by atoms with van der Waals surface area (Å²) in [6.07, 6.45) is 3.20. The molecule has 1 aliphatic heterocycles. The van der Waals surface area contributed by atoms with Crippen molar-refractivity contribution in [1.29, 1.82) is 0 Å². The van der Waals surface area contributed by atoms with E-state index in [1.54, 1.807) is 19.1 Å². The number of likely N-dealkylation sites (tertiary alicyclic amines) is 1. The fourth-order valence-electron chi connectivity index (χ4n) is 2.94. The number of carboxylic acids is 1. The Balaban J connectivity index is 2.14. The Kier molecular flexibility index (Phi) is 4.50. The molecule has 5 nitrogen and oxygen atoms in total. The second-order valence-corrected chi connectivity index (χ2v) is 5.80. The molecule has 0 spiro atoms. The molecule has 1 saturated heterocycles. The van der Waals surface area contributed by atoms with Gasteiger partial charge >= 0.3 is 12.0 Å². The Morgan fingerprint density at radius 3 is 2.38 bits per heavy atom. The van der Waals surface area contributed by atoms with Gasteiger partial charge in [0, 0.05) is 17.8 Å². The van der Waals surface area contributed by atoms with Crippen LogP contribution in [0.15, 0.2) is 18.2 Å². The number of nitrogens with one attached hydrogen (secondary N) is 1. The summed E-state index contributed by atoms with van der Waals surface area (Å²) in [6, 6.07) is 5.07. The number of piperidine rings is 1. The number of carbonyl (C=O) groups excluding carboxylic acids is 1. The van der Waals surface area contributed by atoms with E-state index >= 15 is 0 Å². The first-order valence-corrected chi connectivity index (χ1v) is 7.33. The summed E-state index contributed by atoms with van der Waals surface area (Å²) in [5.41, 5.74) is 1.64. The van der Waals surface area contributed by atoms with E-state index in [1.165, 1.54) is 6.07 Å². The number of hydrogen-bond acceptors (Lipinski definition) is 2. The van der Waals surface area contributed by atoms with Crippen molar-refractivity contribution in [2.45, 2.75) is 52.1 Å². The molecule has 0 unspecified atom stereocenters. The van der Waals surface area contributed by atoms with Crippen molar-refractivity contribution in [3.05, 3.63) is 29.3 Å². The zero-order valence-electron chi connectivity index (χ0n) is 12.7. The molecule has 1 aromatic carbocycles. The number of carbonyl (C=O) groups is 2. The van der Waals surface area contributed by atoms with Gasteiger partial charge in [0.25, 0.3) is 0 Å². The van der Waals surface area contributed by atoms with E-state index in [-0.39, 0.29) is 23.7 Å². The van der Waals surface area contributed by atoms with Crippen LogP contribution in [0, 0.1) is 6.92 Å². The minimum Gasteiger partial charge on any atom is -0.478 e. The number of anilines is 1. The first kappa shape index (κ1) is 15.4. The van der Waals surface area contributed by atoms with Crippen LogP contribution >= 0.6 is 0 Å².